The normalized spacial score (nSPS) is 16.0. The molecular weight excluding hydrogens is 398 g/mol. The molecule has 29 heavy (non-hydrogen) atoms. The summed E-state index contributed by atoms with van der Waals surface area (Å²) in [7, 11) is -3.72. The Morgan fingerprint density at radius 1 is 1.24 bits per heavy atom. The summed E-state index contributed by atoms with van der Waals surface area (Å²) in [6, 6.07) is 4.69. The first-order valence-electron chi connectivity index (χ1n) is 9.36. The van der Waals surface area contributed by atoms with Crippen LogP contribution in [0.1, 0.15) is 36.0 Å². The number of sulfone groups is 1. The van der Waals surface area contributed by atoms with Crippen molar-refractivity contribution in [1.29, 1.82) is 0 Å². The van der Waals surface area contributed by atoms with Gasteiger partial charge in [0.15, 0.2) is 15.8 Å². The number of benzene rings is 1. The molecule has 1 aromatic rings. The first-order chi connectivity index (χ1) is 13.7. The third-order valence-electron chi connectivity index (χ3n) is 4.71. The summed E-state index contributed by atoms with van der Waals surface area (Å²) in [5.41, 5.74) is 10.4. The minimum atomic E-state index is -3.72. The van der Waals surface area contributed by atoms with Gasteiger partial charge < -0.3 is 27.2 Å². The molecule has 1 amide bonds. The van der Waals surface area contributed by atoms with Gasteiger partial charge in [-0.1, -0.05) is 12.1 Å². The van der Waals surface area contributed by atoms with Gasteiger partial charge in [0.05, 0.1) is 15.7 Å². The lowest BCUT2D eigenvalue weighted by Gasteiger charge is -2.24. The summed E-state index contributed by atoms with van der Waals surface area (Å²) in [6.07, 6.45) is 1.35. The molecule has 0 aliphatic carbocycles. The molecule has 1 aromatic carbocycles. The van der Waals surface area contributed by atoms with Crippen LogP contribution in [-0.2, 0) is 14.6 Å². The molecule has 0 radical (unpaired) electrons. The van der Waals surface area contributed by atoms with Crippen LogP contribution in [0.5, 0.6) is 0 Å². The summed E-state index contributed by atoms with van der Waals surface area (Å²) < 4.78 is 26.1. The van der Waals surface area contributed by atoms with Gasteiger partial charge in [-0.2, -0.15) is 0 Å². The van der Waals surface area contributed by atoms with E-state index in [1.54, 1.807) is 12.1 Å². The molecule has 1 aliphatic heterocycles. The largest absolute Gasteiger partial charge is 0.480 e. The second-order valence-electron chi connectivity index (χ2n) is 6.80. The molecule has 10 nitrogen and oxygen atoms in total. The average molecular weight is 426 g/mol. The molecule has 160 valence electrons. The van der Waals surface area contributed by atoms with Crippen LogP contribution in [0.2, 0.25) is 0 Å². The molecule has 7 N–H and O–H groups in total. The highest BCUT2D eigenvalue weighted by Crippen LogP contribution is 2.25. The Bertz CT molecular complexity index is 861. The number of carboxylic acid groups (broad SMARTS) is 1. The second kappa shape index (κ2) is 10.2. The van der Waals surface area contributed by atoms with E-state index in [1.807, 2.05) is 0 Å². The second-order valence-corrected chi connectivity index (χ2v) is 9.00. The molecule has 11 heteroatoms. The van der Waals surface area contributed by atoms with Crippen LogP contribution in [0.4, 0.5) is 0 Å². The number of nitrogens with two attached hydrogens (primary N) is 2. The fourth-order valence-corrected chi connectivity index (χ4v) is 5.14. The third-order valence-corrected chi connectivity index (χ3v) is 7.03. The van der Waals surface area contributed by atoms with Crippen LogP contribution in [0, 0.1) is 0 Å². The van der Waals surface area contributed by atoms with Crippen molar-refractivity contribution >= 4 is 27.7 Å². The highest BCUT2D eigenvalue weighted by atomic mass is 32.2. The van der Waals surface area contributed by atoms with Crippen LogP contribution in [0.15, 0.2) is 34.2 Å². The number of carbonyl (C=O) groups is 2. The van der Waals surface area contributed by atoms with Gasteiger partial charge in [-0.3, -0.25) is 9.79 Å². The molecule has 0 unspecified atom stereocenters. The zero-order valence-electron chi connectivity index (χ0n) is 16.0. The summed E-state index contributed by atoms with van der Waals surface area (Å²) in [4.78, 5) is 27.9. The van der Waals surface area contributed by atoms with Gasteiger partial charge in [-0.25, -0.2) is 13.2 Å². The summed E-state index contributed by atoms with van der Waals surface area (Å²) in [5.74, 6) is -2.06. The Morgan fingerprint density at radius 3 is 2.52 bits per heavy atom. The molecule has 0 saturated carbocycles. The molecule has 0 spiro atoms. The lowest BCUT2D eigenvalue weighted by molar-refractivity contribution is -0.139. The first-order valence-corrected chi connectivity index (χ1v) is 10.9. The van der Waals surface area contributed by atoms with E-state index >= 15 is 0 Å². The van der Waals surface area contributed by atoms with E-state index in [0.717, 1.165) is 0 Å². The molecule has 0 bridgehead atoms. The van der Waals surface area contributed by atoms with Crippen molar-refractivity contribution in [3.8, 4) is 0 Å². The number of aliphatic imine (C=N–C) groups is 1. The van der Waals surface area contributed by atoms with E-state index in [2.05, 4.69) is 15.6 Å². The van der Waals surface area contributed by atoms with Crippen molar-refractivity contribution < 1.29 is 23.1 Å². The standard InChI is InChI=1S/C18H27N5O5S/c19-18(20)22-9-3-5-14(17(25)26)23-16(24)13-4-1-2-6-15(13)29(27,28)12-7-10-21-11-8-12/h1-2,4,6,12,14,21H,3,5,7-11H2,(H,23,24)(H,25,26)(H4,19,20,22)/t14-/m0/s1. The van der Waals surface area contributed by atoms with Gasteiger partial charge in [0.25, 0.3) is 5.91 Å². The quantitative estimate of drug-likeness (QED) is 0.199. The van der Waals surface area contributed by atoms with Crippen LogP contribution < -0.4 is 22.1 Å². The Labute approximate surface area is 169 Å². The molecule has 1 saturated heterocycles. The van der Waals surface area contributed by atoms with Gasteiger partial charge in [0.2, 0.25) is 0 Å². The summed E-state index contributed by atoms with van der Waals surface area (Å²) >= 11 is 0. The molecule has 1 atom stereocenters. The van der Waals surface area contributed by atoms with E-state index in [1.165, 1.54) is 12.1 Å². The molecule has 1 aliphatic rings. The SMILES string of the molecule is NC(N)=NCCC[C@H](NC(=O)c1ccccc1S(=O)(=O)C1CCNCC1)C(=O)O. The highest BCUT2D eigenvalue weighted by Gasteiger charge is 2.32. The van der Waals surface area contributed by atoms with Crippen LogP contribution in [0.25, 0.3) is 0 Å². The lowest BCUT2D eigenvalue weighted by atomic mass is 10.1. The van der Waals surface area contributed by atoms with Crippen molar-refractivity contribution in [2.24, 2.45) is 16.5 Å². The summed E-state index contributed by atoms with van der Waals surface area (Å²) in [6.45, 7) is 1.41. The van der Waals surface area contributed by atoms with Gasteiger partial charge >= 0.3 is 5.97 Å². The molecular formula is C18H27N5O5S. The predicted octanol–water partition coefficient (Wildman–Crippen LogP) is -0.551. The van der Waals surface area contributed by atoms with Crippen molar-refractivity contribution in [2.45, 2.75) is 41.9 Å². The Hall–Kier alpha value is -2.66. The minimum absolute atomic E-state index is 0.0542. The number of nitrogens with zero attached hydrogens (tertiary/aromatic N) is 1. The maximum absolute atomic E-state index is 13.0. The predicted molar refractivity (Wildman–Crippen MR) is 108 cm³/mol. The molecule has 1 heterocycles. The number of nitrogens with one attached hydrogen (secondary N) is 2. The van der Waals surface area contributed by atoms with E-state index in [0.29, 0.717) is 32.4 Å². The number of hydrogen-bond acceptors (Lipinski definition) is 6. The zero-order valence-corrected chi connectivity index (χ0v) is 16.8. The van der Waals surface area contributed by atoms with Gasteiger partial charge in [-0.05, 0) is 50.9 Å². The van der Waals surface area contributed by atoms with Crippen molar-refractivity contribution in [1.82, 2.24) is 10.6 Å². The monoisotopic (exact) mass is 425 g/mol. The van der Waals surface area contributed by atoms with Gasteiger partial charge in [0.1, 0.15) is 6.04 Å². The number of amides is 1. The van der Waals surface area contributed by atoms with Crippen molar-refractivity contribution in [2.75, 3.05) is 19.6 Å². The van der Waals surface area contributed by atoms with Crippen LogP contribution in [-0.4, -0.2) is 62.3 Å². The van der Waals surface area contributed by atoms with E-state index < -0.39 is 33.0 Å². The smallest absolute Gasteiger partial charge is 0.326 e. The van der Waals surface area contributed by atoms with Gasteiger partial charge in [0, 0.05) is 6.54 Å². The molecule has 2 rings (SSSR count). The number of guanidine groups is 1. The average Bonchev–Trinajstić information content (AvgIpc) is 2.70. The van der Waals surface area contributed by atoms with Crippen molar-refractivity contribution in [3.63, 3.8) is 0 Å². The number of piperidine rings is 1. The lowest BCUT2D eigenvalue weighted by Crippen LogP contribution is -2.42. The number of rotatable bonds is 9. The fourth-order valence-electron chi connectivity index (χ4n) is 3.18. The third kappa shape index (κ3) is 6.16. The van der Waals surface area contributed by atoms with Crippen LogP contribution >= 0.6 is 0 Å². The first kappa shape index (κ1) is 22.6. The minimum Gasteiger partial charge on any atom is -0.480 e. The molecule has 1 fully saturated rings. The Balaban J connectivity index is 2.17. The van der Waals surface area contributed by atoms with E-state index in [-0.39, 0.29) is 29.4 Å². The van der Waals surface area contributed by atoms with Crippen molar-refractivity contribution in [3.05, 3.63) is 29.8 Å². The van der Waals surface area contributed by atoms with Crippen LogP contribution in [0.3, 0.4) is 0 Å². The maximum atomic E-state index is 13.0. The zero-order chi connectivity index (χ0) is 21.4. The van der Waals surface area contributed by atoms with E-state index in [9.17, 15) is 23.1 Å². The summed E-state index contributed by atoms with van der Waals surface area (Å²) in [5, 5.41) is 14.3. The number of aliphatic carboxylic acids is 1. The number of hydrogen-bond donors (Lipinski definition) is 5. The van der Waals surface area contributed by atoms with E-state index in [4.69, 9.17) is 11.5 Å². The topological polar surface area (TPSA) is 177 Å². The Kier molecular flexibility index (Phi) is 7.97. The number of carboxylic acids is 1. The number of carbonyl (C=O) groups excluding carboxylic acids is 1. The highest BCUT2D eigenvalue weighted by molar-refractivity contribution is 7.92. The fraction of sp³-hybridized carbons (Fsp3) is 0.500. The van der Waals surface area contributed by atoms with Gasteiger partial charge in [-0.15, -0.1) is 0 Å². The molecule has 0 aromatic heterocycles. The Morgan fingerprint density at radius 2 is 1.90 bits per heavy atom. The maximum Gasteiger partial charge on any atom is 0.326 e.